The Bertz CT molecular complexity index is 357. The van der Waals surface area contributed by atoms with E-state index in [0.717, 1.165) is 45.3 Å². The second-order valence-corrected chi connectivity index (χ2v) is 7.27. The molecule has 0 aromatic rings. The minimum Gasteiger partial charge on any atom is -0.396 e. The summed E-state index contributed by atoms with van der Waals surface area (Å²) in [5, 5.41) is 15.4. The fraction of sp³-hybridized carbons (Fsp3) is 0.941. The molecule has 2 unspecified atom stereocenters. The fourth-order valence-corrected chi connectivity index (χ4v) is 3.82. The first-order valence-electron chi connectivity index (χ1n) is 9.14. The van der Waals surface area contributed by atoms with Gasteiger partial charge in [-0.25, -0.2) is 4.79 Å². The Labute approximate surface area is 140 Å². The van der Waals surface area contributed by atoms with Crippen molar-refractivity contribution in [1.82, 2.24) is 20.4 Å². The first-order chi connectivity index (χ1) is 11.1. The van der Waals surface area contributed by atoms with Gasteiger partial charge in [-0.1, -0.05) is 12.8 Å². The van der Waals surface area contributed by atoms with Crippen LogP contribution in [0.1, 0.15) is 38.5 Å². The number of piperidine rings is 1. The quantitative estimate of drug-likeness (QED) is 0.677. The van der Waals surface area contributed by atoms with E-state index >= 15 is 0 Å². The third-order valence-corrected chi connectivity index (χ3v) is 5.46. The molecule has 0 radical (unpaired) electrons. The summed E-state index contributed by atoms with van der Waals surface area (Å²) in [6, 6.07) is 0.743. The lowest BCUT2D eigenvalue weighted by Crippen LogP contribution is -2.49. The number of likely N-dealkylation sites (tertiary alicyclic amines) is 1. The Morgan fingerprint density at radius 1 is 1.17 bits per heavy atom. The van der Waals surface area contributed by atoms with Crippen molar-refractivity contribution in [3.63, 3.8) is 0 Å². The molecule has 2 atom stereocenters. The molecular weight excluding hydrogens is 292 g/mol. The predicted octanol–water partition coefficient (Wildman–Crippen LogP) is 0.863. The van der Waals surface area contributed by atoms with Gasteiger partial charge < -0.3 is 25.5 Å². The van der Waals surface area contributed by atoms with E-state index in [1.807, 2.05) is 0 Å². The molecule has 6 heteroatoms. The Balaban J connectivity index is 1.60. The number of nitrogens with one attached hydrogen (secondary N) is 2. The van der Waals surface area contributed by atoms with Crippen LogP contribution in [0.25, 0.3) is 0 Å². The molecule has 1 aliphatic heterocycles. The van der Waals surface area contributed by atoms with Gasteiger partial charge in [0.15, 0.2) is 0 Å². The Hall–Kier alpha value is -0.850. The topological polar surface area (TPSA) is 67.8 Å². The van der Waals surface area contributed by atoms with Gasteiger partial charge in [-0.15, -0.1) is 0 Å². The zero-order valence-electron chi connectivity index (χ0n) is 14.8. The summed E-state index contributed by atoms with van der Waals surface area (Å²) >= 11 is 0. The third-order valence-electron chi connectivity index (χ3n) is 5.46. The highest BCUT2D eigenvalue weighted by molar-refractivity contribution is 5.74. The van der Waals surface area contributed by atoms with Crippen LogP contribution in [0.15, 0.2) is 0 Å². The largest absolute Gasteiger partial charge is 0.396 e. The van der Waals surface area contributed by atoms with Gasteiger partial charge in [0.1, 0.15) is 0 Å². The number of urea groups is 1. The number of carbonyl (C=O) groups is 1. The molecule has 1 saturated heterocycles. The van der Waals surface area contributed by atoms with Crippen molar-refractivity contribution in [3.8, 4) is 0 Å². The van der Waals surface area contributed by atoms with E-state index in [-0.39, 0.29) is 24.6 Å². The van der Waals surface area contributed by atoms with Crippen LogP contribution in [0.2, 0.25) is 0 Å². The summed E-state index contributed by atoms with van der Waals surface area (Å²) in [7, 11) is 4.30. The molecule has 2 amide bonds. The molecule has 0 spiro atoms. The summed E-state index contributed by atoms with van der Waals surface area (Å²) in [5.41, 5.74) is 0. The zero-order chi connectivity index (χ0) is 16.7. The van der Waals surface area contributed by atoms with Crippen LogP contribution in [0.3, 0.4) is 0 Å². The van der Waals surface area contributed by atoms with Crippen LogP contribution < -0.4 is 10.6 Å². The summed E-state index contributed by atoms with van der Waals surface area (Å²) in [6.07, 6.45) is 6.72. The number of hydrogen-bond donors (Lipinski definition) is 3. The van der Waals surface area contributed by atoms with E-state index in [2.05, 4.69) is 34.5 Å². The molecule has 1 saturated carbocycles. The van der Waals surface area contributed by atoms with E-state index in [9.17, 15) is 9.90 Å². The highest BCUT2D eigenvalue weighted by Crippen LogP contribution is 2.23. The van der Waals surface area contributed by atoms with Crippen molar-refractivity contribution >= 4 is 6.03 Å². The van der Waals surface area contributed by atoms with Crippen LogP contribution in [-0.4, -0.2) is 79.9 Å². The summed E-state index contributed by atoms with van der Waals surface area (Å²) in [4.78, 5) is 16.8. The normalized spacial score (nSPS) is 27.1. The molecule has 134 valence electrons. The maximum absolute atomic E-state index is 12.0. The summed E-state index contributed by atoms with van der Waals surface area (Å²) in [5.74, 6) is 0.222. The minimum atomic E-state index is -0.0847. The molecule has 0 aromatic heterocycles. The number of amides is 2. The van der Waals surface area contributed by atoms with Gasteiger partial charge in [0.25, 0.3) is 0 Å². The monoisotopic (exact) mass is 326 g/mol. The molecule has 2 rings (SSSR count). The van der Waals surface area contributed by atoms with Crippen LogP contribution in [0.5, 0.6) is 0 Å². The van der Waals surface area contributed by atoms with E-state index in [0.29, 0.717) is 12.6 Å². The SMILES string of the molecule is CN(C)C1CCN(CCNC(=O)NC2CCCCC2CO)CC1. The maximum atomic E-state index is 12.0. The lowest BCUT2D eigenvalue weighted by atomic mass is 9.85. The minimum absolute atomic E-state index is 0.0847. The van der Waals surface area contributed by atoms with Gasteiger partial charge in [-0.3, -0.25) is 0 Å². The lowest BCUT2D eigenvalue weighted by Gasteiger charge is -2.35. The van der Waals surface area contributed by atoms with Crippen molar-refractivity contribution in [2.75, 3.05) is 46.9 Å². The van der Waals surface area contributed by atoms with E-state index in [1.54, 1.807) is 0 Å². The molecule has 2 aliphatic rings. The van der Waals surface area contributed by atoms with Gasteiger partial charge in [-0.2, -0.15) is 0 Å². The highest BCUT2D eigenvalue weighted by Gasteiger charge is 2.26. The van der Waals surface area contributed by atoms with E-state index in [1.165, 1.54) is 12.8 Å². The first kappa shape index (κ1) is 18.5. The second-order valence-electron chi connectivity index (χ2n) is 7.27. The van der Waals surface area contributed by atoms with Gasteiger partial charge >= 0.3 is 6.03 Å². The standard InChI is InChI=1S/C17H34N4O2/c1-20(2)15-7-10-21(11-8-15)12-9-18-17(23)19-16-6-4-3-5-14(16)13-22/h14-16,22H,3-13H2,1-2H3,(H2,18,19,23). The molecular formula is C17H34N4O2. The van der Waals surface area contributed by atoms with Crippen molar-refractivity contribution in [2.45, 2.75) is 50.6 Å². The third kappa shape index (κ3) is 5.94. The Morgan fingerprint density at radius 3 is 2.52 bits per heavy atom. The zero-order valence-corrected chi connectivity index (χ0v) is 14.8. The average molecular weight is 326 g/mol. The number of aliphatic hydroxyl groups excluding tert-OH is 1. The number of rotatable bonds is 6. The summed E-state index contributed by atoms with van der Waals surface area (Å²) in [6.45, 7) is 4.01. The van der Waals surface area contributed by atoms with Crippen molar-refractivity contribution < 1.29 is 9.90 Å². The molecule has 6 nitrogen and oxygen atoms in total. The Morgan fingerprint density at radius 2 is 1.87 bits per heavy atom. The molecule has 3 N–H and O–H groups in total. The number of aliphatic hydroxyl groups is 1. The van der Waals surface area contributed by atoms with Crippen molar-refractivity contribution in [3.05, 3.63) is 0 Å². The van der Waals surface area contributed by atoms with Gasteiger partial charge in [0.05, 0.1) is 0 Å². The van der Waals surface area contributed by atoms with Crippen LogP contribution in [0.4, 0.5) is 4.79 Å². The fourth-order valence-electron chi connectivity index (χ4n) is 3.82. The van der Waals surface area contributed by atoms with Crippen LogP contribution in [-0.2, 0) is 0 Å². The average Bonchev–Trinajstić information content (AvgIpc) is 2.56. The smallest absolute Gasteiger partial charge is 0.315 e. The number of nitrogens with zero attached hydrogens (tertiary/aromatic N) is 2. The molecule has 1 heterocycles. The van der Waals surface area contributed by atoms with Gasteiger partial charge in [0.2, 0.25) is 0 Å². The molecule has 0 aromatic carbocycles. The van der Waals surface area contributed by atoms with E-state index < -0.39 is 0 Å². The van der Waals surface area contributed by atoms with Crippen LogP contribution >= 0.6 is 0 Å². The van der Waals surface area contributed by atoms with E-state index in [4.69, 9.17) is 0 Å². The lowest BCUT2D eigenvalue weighted by molar-refractivity contribution is 0.143. The maximum Gasteiger partial charge on any atom is 0.315 e. The number of carbonyl (C=O) groups excluding carboxylic acids is 1. The Kier molecular flexibility index (Phi) is 7.59. The highest BCUT2D eigenvalue weighted by atomic mass is 16.3. The first-order valence-corrected chi connectivity index (χ1v) is 9.14. The second kappa shape index (κ2) is 9.45. The number of hydrogen-bond acceptors (Lipinski definition) is 4. The molecule has 0 bridgehead atoms. The van der Waals surface area contributed by atoms with Crippen molar-refractivity contribution in [1.29, 1.82) is 0 Å². The molecule has 2 fully saturated rings. The molecule has 23 heavy (non-hydrogen) atoms. The van der Waals surface area contributed by atoms with Gasteiger partial charge in [0, 0.05) is 37.7 Å². The van der Waals surface area contributed by atoms with Crippen LogP contribution in [0, 0.1) is 5.92 Å². The summed E-state index contributed by atoms with van der Waals surface area (Å²) < 4.78 is 0. The predicted molar refractivity (Wildman–Crippen MR) is 92.5 cm³/mol. The van der Waals surface area contributed by atoms with Gasteiger partial charge in [-0.05, 0) is 52.9 Å². The van der Waals surface area contributed by atoms with Crippen molar-refractivity contribution in [2.24, 2.45) is 5.92 Å². The molecule has 1 aliphatic carbocycles.